The van der Waals surface area contributed by atoms with Crippen LogP contribution in [0.4, 0.5) is 0 Å². The van der Waals surface area contributed by atoms with Crippen LogP contribution in [0.25, 0.3) is 0 Å². The number of aryl methyl sites for hydroxylation is 1. The number of halogens is 1. The molecule has 0 bridgehead atoms. The predicted octanol–water partition coefficient (Wildman–Crippen LogP) is 3.68. The molecule has 0 saturated heterocycles. The van der Waals surface area contributed by atoms with Crippen LogP contribution in [-0.2, 0) is 16.5 Å². The standard InChI is InChI=1S/C15H15ClO4S/c1-3-11-4-6-12(7-5-11)20-21(17,18)13-8-9-14(16)15(10-13)19-2/h4-10H,3H2,1-2H3. The third-order valence-electron chi connectivity index (χ3n) is 2.95. The zero-order valence-electron chi connectivity index (χ0n) is 11.7. The van der Waals surface area contributed by atoms with Crippen LogP contribution < -0.4 is 8.92 Å². The van der Waals surface area contributed by atoms with Crippen molar-refractivity contribution in [3.8, 4) is 11.5 Å². The molecule has 0 radical (unpaired) electrons. The van der Waals surface area contributed by atoms with E-state index in [1.54, 1.807) is 12.1 Å². The zero-order valence-corrected chi connectivity index (χ0v) is 13.2. The van der Waals surface area contributed by atoms with Gasteiger partial charge in [0.2, 0.25) is 0 Å². The molecule has 0 fully saturated rings. The lowest BCUT2D eigenvalue weighted by atomic mass is 10.2. The molecule has 0 saturated carbocycles. The van der Waals surface area contributed by atoms with Crippen LogP contribution in [0.2, 0.25) is 5.02 Å². The molecular weight excluding hydrogens is 312 g/mol. The molecule has 6 heteroatoms. The minimum Gasteiger partial charge on any atom is -0.495 e. The van der Waals surface area contributed by atoms with Gasteiger partial charge in [0, 0.05) is 6.07 Å². The average Bonchev–Trinajstić information content (AvgIpc) is 2.48. The number of hydrogen-bond donors (Lipinski definition) is 0. The molecule has 112 valence electrons. The van der Waals surface area contributed by atoms with Gasteiger partial charge in [-0.2, -0.15) is 8.42 Å². The number of ether oxygens (including phenoxy) is 1. The maximum atomic E-state index is 12.2. The SMILES string of the molecule is CCc1ccc(OS(=O)(=O)c2ccc(Cl)c(OC)c2)cc1. The third kappa shape index (κ3) is 3.68. The van der Waals surface area contributed by atoms with Gasteiger partial charge < -0.3 is 8.92 Å². The van der Waals surface area contributed by atoms with Crippen molar-refractivity contribution in [3.05, 3.63) is 53.1 Å². The highest BCUT2D eigenvalue weighted by Crippen LogP contribution is 2.28. The molecule has 0 heterocycles. The highest BCUT2D eigenvalue weighted by atomic mass is 35.5. The summed E-state index contributed by atoms with van der Waals surface area (Å²) in [6.45, 7) is 2.02. The Labute approximate surface area is 129 Å². The second kappa shape index (κ2) is 6.37. The maximum Gasteiger partial charge on any atom is 0.339 e. The van der Waals surface area contributed by atoms with Crippen LogP contribution in [0, 0.1) is 0 Å². The van der Waals surface area contributed by atoms with E-state index in [4.69, 9.17) is 20.5 Å². The predicted molar refractivity (Wildman–Crippen MR) is 81.6 cm³/mol. The lowest BCUT2D eigenvalue weighted by Gasteiger charge is -2.09. The quantitative estimate of drug-likeness (QED) is 0.786. The fourth-order valence-corrected chi connectivity index (χ4v) is 2.89. The molecule has 0 N–H and O–H groups in total. The fourth-order valence-electron chi connectivity index (χ4n) is 1.75. The van der Waals surface area contributed by atoms with E-state index in [-0.39, 0.29) is 16.4 Å². The summed E-state index contributed by atoms with van der Waals surface area (Å²) < 4.78 is 34.5. The largest absolute Gasteiger partial charge is 0.495 e. The molecule has 0 aliphatic carbocycles. The maximum absolute atomic E-state index is 12.2. The van der Waals surface area contributed by atoms with Crippen molar-refractivity contribution in [2.75, 3.05) is 7.11 Å². The van der Waals surface area contributed by atoms with Crippen LogP contribution >= 0.6 is 11.6 Å². The van der Waals surface area contributed by atoms with E-state index in [2.05, 4.69) is 0 Å². The van der Waals surface area contributed by atoms with Crippen LogP contribution in [0.1, 0.15) is 12.5 Å². The summed E-state index contributed by atoms with van der Waals surface area (Å²) in [7, 11) is -2.50. The topological polar surface area (TPSA) is 52.6 Å². The number of methoxy groups -OCH3 is 1. The summed E-state index contributed by atoms with van der Waals surface area (Å²) in [6, 6.07) is 11.1. The summed E-state index contributed by atoms with van der Waals surface area (Å²) in [5, 5.41) is 0.337. The summed E-state index contributed by atoms with van der Waals surface area (Å²) in [5.41, 5.74) is 1.10. The molecule has 2 aromatic carbocycles. The molecule has 2 rings (SSSR count). The van der Waals surface area contributed by atoms with Gasteiger partial charge in [-0.25, -0.2) is 0 Å². The van der Waals surface area contributed by atoms with Crippen molar-refractivity contribution in [1.29, 1.82) is 0 Å². The van der Waals surface area contributed by atoms with Gasteiger partial charge in [0.15, 0.2) is 0 Å². The summed E-state index contributed by atoms with van der Waals surface area (Å²) in [4.78, 5) is -0.0108. The summed E-state index contributed by atoms with van der Waals surface area (Å²) in [6.07, 6.45) is 0.876. The Morgan fingerprint density at radius 1 is 1.10 bits per heavy atom. The first-order chi connectivity index (χ1) is 9.96. The number of benzene rings is 2. The molecule has 0 aliphatic rings. The van der Waals surface area contributed by atoms with Gasteiger partial charge in [-0.05, 0) is 36.2 Å². The Hall–Kier alpha value is -1.72. The zero-order chi connectivity index (χ0) is 15.5. The van der Waals surface area contributed by atoms with E-state index in [9.17, 15) is 8.42 Å². The minimum absolute atomic E-state index is 0.0108. The second-order valence-electron chi connectivity index (χ2n) is 4.33. The Bertz CT molecular complexity index is 724. The molecule has 0 atom stereocenters. The van der Waals surface area contributed by atoms with Crippen LogP contribution in [0.15, 0.2) is 47.4 Å². The second-order valence-corrected chi connectivity index (χ2v) is 6.28. The molecule has 0 aromatic heterocycles. The lowest BCUT2D eigenvalue weighted by Crippen LogP contribution is -2.10. The van der Waals surface area contributed by atoms with E-state index in [1.807, 2.05) is 19.1 Å². The summed E-state index contributed by atoms with van der Waals surface area (Å²) >= 11 is 5.88. The van der Waals surface area contributed by atoms with E-state index in [0.29, 0.717) is 5.02 Å². The van der Waals surface area contributed by atoms with E-state index in [1.165, 1.54) is 25.3 Å². The Balaban J connectivity index is 2.29. The lowest BCUT2D eigenvalue weighted by molar-refractivity contribution is 0.413. The molecule has 0 spiro atoms. The monoisotopic (exact) mass is 326 g/mol. The van der Waals surface area contributed by atoms with Gasteiger partial charge in [-0.1, -0.05) is 30.7 Å². The fraction of sp³-hybridized carbons (Fsp3) is 0.200. The van der Waals surface area contributed by atoms with Crippen LogP contribution in [-0.4, -0.2) is 15.5 Å². The van der Waals surface area contributed by atoms with Gasteiger partial charge in [0.1, 0.15) is 16.4 Å². The highest BCUT2D eigenvalue weighted by molar-refractivity contribution is 7.87. The van der Waals surface area contributed by atoms with Gasteiger partial charge in [-0.3, -0.25) is 0 Å². The average molecular weight is 327 g/mol. The normalized spacial score (nSPS) is 11.2. The molecule has 21 heavy (non-hydrogen) atoms. The molecule has 2 aromatic rings. The highest BCUT2D eigenvalue weighted by Gasteiger charge is 2.18. The summed E-state index contributed by atoms with van der Waals surface area (Å²) in [5.74, 6) is 0.545. The van der Waals surface area contributed by atoms with E-state index < -0.39 is 10.1 Å². The number of hydrogen-bond acceptors (Lipinski definition) is 4. The Morgan fingerprint density at radius 2 is 1.76 bits per heavy atom. The third-order valence-corrected chi connectivity index (χ3v) is 4.50. The van der Waals surface area contributed by atoms with E-state index in [0.717, 1.165) is 12.0 Å². The van der Waals surface area contributed by atoms with Gasteiger partial charge >= 0.3 is 10.1 Å². The van der Waals surface area contributed by atoms with Gasteiger partial charge in [0.25, 0.3) is 0 Å². The van der Waals surface area contributed by atoms with Gasteiger partial charge in [-0.15, -0.1) is 0 Å². The van der Waals surface area contributed by atoms with Crippen molar-refractivity contribution < 1.29 is 17.3 Å². The Kier molecular flexibility index (Phi) is 4.75. The smallest absolute Gasteiger partial charge is 0.339 e. The van der Waals surface area contributed by atoms with E-state index >= 15 is 0 Å². The minimum atomic E-state index is -3.92. The molecule has 0 aliphatic heterocycles. The first-order valence-corrected chi connectivity index (χ1v) is 8.12. The molecule has 0 unspecified atom stereocenters. The van der Waals surface area contributed by atoms with Crippen LogP contribution in [0.5, 0.6) is 11.5 Å². The molecule has 4 nitrogen and oxygen atoms in total. The van der Waals surface area contributed by atoms with Crippen molar-refractivity contribution in [2.24, 2.45) is 0 Å². The first kappa shape index (κ1) is 15.7. The molecular formula is C15H15ClO4S. The van der Waals surface area contributed by atoms with Crippen molar-refractivity contribution >= 4 is 21.7 Å². The van der Waals surface area contributed by atoms with Gasteiger partial charge in [0.05, 0.1) is 12.1 Å². The van der Waals surface area contributed by atoms with Crippen molar-refractivity contribution in [3.63, 3.8) is 0 Å². The van der Waals surface area contributed by atoms with Crippen molar-refractivity contribution in [2.45, 2.75) is 18.2 Å². The molecule has 0 amide bonds. The van der Waals surface area contributed by atoms with Crippen LogP contribution in [0.3, 0.4) is 0 Å². The van der Waals surface area contributed by atoms with Crippen molar-refractivity contribution in [1.82, 2.24) is 0 Å². The Morgan fingerprint density at radius 3 is 2.33 bits per heavy atom. The number of rotatable bonds is 5. The first-order valence-electron chi connectivity index (χ1n) is 6.33.